The molecule has 0 spiro atoms. The molecule has 1 unspecified atom stereocenters. The molecule has 0 amide bonds. The van der Waals surface area contributed by atoms with Crippen LogP contribution in [0.4, 0.5) is 0 Å². The number of benzene rings is 2. The number of hydrogen-bond donors (Lipinski definition) is 0. The van der Waals surface area contributed by atoms with Crippen LogP contribution in [0.25, 0.3) is 6.08 Å². The van der Waals surface area contributed by atoms with Crippen molar-refractivity contribution >= 4 is 22.0 Å². The highest BCUT2D eigenvalue weighted by Crippen LogP contribution is 2.40. The Morgan fingerprint density at radius 2 is 1.83 bits per heavy atom. The van der Waals surface area contributed by atoms with Gasteiger partial charge in [0, 0.05) is 10.4 Å². The quantitative estimate of drug-likeness (QED) is 0.677. The first-order chi connectivity index (χ1) is 8.66. The lowest BCUT2D eigenvalue weighted by Gasteiger charge is -2.17. The number of allylic oxidation sites excluding steroid dienone is 1. The van der Waals surface area contributed by atoms with E-state index in [-0.39, 0.29) is 0 Å². The second kappa shape index (κ2) is 4.40. The molecule has 0 radical (unpaired) electrons. The van der Waals surface area contributed by atoms with Crippen LogP contribution in [0.15, 0.2) is 46.9 Å². The first kappa shape index (κ1) is 11.7. The molecule has 2 aromatic rings. The molecule has 3 rings (SSSR count). The van der Waals surface area contributed by atoms with E-state index < -0.39 is 0 Å². The molecule has 1 aliphatic carbocycles. The predicted molar refractivity (Wildman–Crippen MR) is 80.9 cm³/mol. The van der Waals surface area contributed by atoms with Crippen LogP contribution >= 0.6 is 15.9 Å². The van der Waals surface area contributed by atoms with Crippen molar-refractivity contribution in [2.24, 2.45) is 0 Å². The van der Waals surface area contributed by atoms with Crippen LogP contribution in [0.2, 0.25) is 0 Å². The highest BCUT2D eigenvalue weighted by molar-refractivity contribution is 9.10. The Kier molecular flexibility index (Phi) is 2.87. The lowest BCUT2D eigenvalue weighted by Crippen LogP contribution is -2.00. The van der Waals surface area contributed by atoms with E-state index in [0.29, 0.717) is 5.92 Å². The van der Waals surface area contributed by atoms with E-state index in [1.54, 1.807) is 0 Å². The van der Waals surface area contributed by atoms with E-state index in [1.807, 2.05) is 0 Å². The van der Waals surface area contributed by atoms with Crippen LogP contribution in [0.5, 0.6) is 0 Å². The van der Waals surface area contributed by atoms with Crippen molar-refractivity contribution in [1.29, 1.82) is 0 Å². The Balaban J connectivity index is 2.16. The third kappa shape index (κ3) is 1.83. The lowest BCUT2D eigenvalue weighted by molar-refractivity contribution is 1.01. The monoisotopic (exact) mass is 298 g/mol. The summed E-state index contributed by atoms with van der Waals surface area (Å²) in [6.45, 7) is 4.34. The number of halogens is 1. The molecule has 90 valence electrons. The van der Waals surface area contributed by atoms with Crippen LogP contribution in [0.1, 0.15) is 33.7 Å². The van der Waals surface area contributed by atoms with E-state index in [9.17, 15) is 0 Å². The van der Waals surface area contributed by atoms with Gasteiger partial charge in [0.15, 0.2) is 0 Å². The number of aryl methyl sites for hydroxylation is 2. The molecule has 0 nitrogen and oxygen atoms in total. The molecule has 1 aliphatic rings. The van der Waals surface area contributed by atoms with Gasteiger partial charge < -0.3 is 0 Å². The number of hydrogen-bond acceptors (Lipinski definition) is 0. The van der Waals surface area contributed by atoms with Gasteiger partial charge in [0.2, 0.25) is 0 Å². The second-order valence-electron chi connectivity index (χ2n) is 4.94. The summed E-state index contributed by atoms with van der Waals surface area (Å²) in [5.74, 6) is 0.385. The highest BCUT2D eigenvalue weighted by atomic mass is 79.9. The minimum absolute atomic E-state index is 0.385. The van der Waals surface area contributed by atoms with Gasteiger partial charge in [-0.1, -0.05) is 58.4 Å². The van der Waals surface area contributed by atoms with Crippen LogP contribution in [-0.2, 0) is 0 Å². The number of rotatable bonds is 1. The molecule has 0 N–H and O–H groups in total. The summed E-state index contributed by atoms with van der Waals surface area (Å²) in [5, 5.41) is 0. The van der Waals surface area contributed by atoms with E-state index in [2.05, 4.69) is 78.3 Å². The Morgan fingerprint density at radius 1 is 1.06 bits per heavy atom. The van der Waals surface area contributed by atoms with Gasteiger partial charge in [-0.2, -0.15) is 0 Å². The third-order valence-corrected chi connectivity index (χ3v) is 4.25. The van der Waals surface area contributed by atoms with Crippen LogP contribution in [-0.4, -0.2) is 0 Å². The summed E-state index contributed by atoms with van der Waals surface area (Å²) >= 11 is 3.73. The fourth-order valence-electron chi connectivity index (χ4n) is 2.82. The number of fused-ring (bicyclic) bond motifs is 1. The summed E-state index contributed by atoms with van der Waals surface area (Å²) < 4.78 is 1.21. The van der Waals surface area contributed by atoms with Gasteiger partial charge in [0.05, 0.1) is 0 Å². The Hall–Kier alpha value is -1.34. The van der Waals surface area contributed by atoms with Gasteiger partial charge in [0.1, 0.15) is 0 Å². The maximum absolute atomic E-state index is 3.73. The summed E-state index contributed by atoms with van der Waals surface area (Å²) in [4.78, 5) is 0. The fourth-order valence-corrected chi connectivity index (χ4v) is 3.74. The van der Waals surface area contributed by atoms with Crippen LogP contribution in [0.3, 0.4) is 0 Å². The molecule has 0 bridgehead atoms. The van der Waals surface area contributed by atoms with Crippen molar-refractivity contribution in [3.8, 4) is 0 Å². The van der Waals surface area contributed by atoms with Crippen molar-refractivity contribution < 1.29 is 0 Å². The molecule has 0 saturated heterocycles. The average Bonchev–Trinajstić information content (AvgIpc) is 2.72. The zero-order valence-electron chi connectivity index (χ0n) is 10.6. The Bertz CT molecular complexity index is 615. The van der Waals surface area contributed by atoms with Crippen molar-refractivity contribution in [3.63, 3.8) is 0 Å². The summed E-state index contributed by atoms with van der Waals surface area (Å²) in [5.41, 5.74) is 6.80. The Morgan fingerprint density at radius 3 is 2.61 bits per heavy atom. The maximum Gasteiger partial charge on any atom is 0.0292 e. The largest absolute Gasteiger partial charge is 0.0720 e. The minimum atomic E-state index is 0.385. The summed E-state index contributed by atoms with van der Waals surface area (Å²) in [7, 11) is 0. The van der Waals surface area contributed by atoms with Gasteiger partial charge in [-0.15, -0.1) is 0 Å². The van der Waals surface area contributed by atoms with E-state index >= 15 is 0 Å². The minimum Gasteiger partial charge on any atom is -0.0720 e. The van der Waals surface area contributed by atoms with Gasteiger partial charge >= 0.3 is 0 Å². The van der Waals surface area contributed by atoms with Gasteiger partial charge in [0.25, 0.3) is 0 Å². The predicted octanol–water partition coefficient (Wildman–Crippen LogP) is 5.22. The highest BCUT2D eigenvalue weighted by Gasteiger charge is 2.22. The molecule has 18 heavy (non-hydrogen) atoms. The molecule has 2 aromatic carbocycles. The molecule has 0 saturated carbocycles. The Labute approximate surface area is 116 Å². The molecule has 1 heteroatoms. The molecule has 0 aliphatic heterocycles. The van der Waals surface area contributed by atoms with Crippen molar-refractivity contribution in [3.05, 3.63) is 74.8 Å². The van der Waals surface area contributed by atoms with Gasteiger partial charge in [-0.25, -0.2) is 0 Å². The summed E-state index contributed by atoms with van der Waals surface area (Å²) in [6.07, 6.45) is 4.53. The van der Waals surface area contributed by atoms with Crippen LogP contribution in [0, 0.1) is 13.8 Å². The average molecular weight is 299 g/mol. The maximum atomic E-state index is 3.73. The normalized spacial score (nSPS) is 16.9. The zero-order chi connectivity index (χ0) is 12.7. The molecular formula is C17H15Br. The molecule has 0 aromatic heterocycles. The van der Waals surface area contributed by atoms with E-state index in [4.69, 9.17) is 0 Å². The van der Waals surface area contributed by atoms with Crippen molar-refractivity contribution in [1.82, 2.24) is 0 Å². The van der Waals surface area contributed by atoms with Crippen molar-refractivity contribution in [2.45, 2.75) is 19.8 Å². The SMILES string of the molecule is Cc1cc(C)c(C2C=Cc3ccccc32)c(Br)c1. The lowest BCUT2D eigenvalue weighted by atomic mass is 9.89. The van der Waals surface area contributed by atoms with E-state index in [0.717, 1.165) is 0 Å². The standard InChI is InChI=1S/C17H15Br/c1-11-9-12(2)17(16(18)10-11)15-8-7-13-5-3-4-6-14(13)15/h3-10,15H,1-2H3. The second-order valence-corrected chi connectivity index (χ2v) is 5.80. The molecule has 0 heterocycles. The molecular weight excluding hydrogens is 284 g/mol. The first-order valence-electron chi connectivity index (χ1n) is 6.20. The zero-order valence-corrected chi connectivity index (χ0v) is 12.2. The molecule has 0 fully saturated rings. The van der Waals surface area contributed by atoms with Crippen molar-refractivity contribution in [2.75, 3.05) is 0 Å². The summed E-state index contributed by atoms with van der Waals surface area (Å²) in [6, 6.07) is 13.1. The van der Waals surface area contributed by atoms with Gasteiger partial charge in [-0.3, -0.25) is 0 Å². The fraction of sp³-hybridized carbons (Fsp3) is 0.176. The smallest absolute Gasteiger partial charge is 0.0292 e. The molecule has 1 atom stereocenters. The van der Waals surface area contributed by atoms with Crippen LogP contribution < -0.4 is 0 Å². The van der Waals surface area contributed by atoms with Gasteiger partial charge in [-0.05, 0) is 47.7 Å². The van der Waals surface area contributed by atoms with E-state index in [1.165, 1.54) is 32.3 Å². The topological polar surface area (TPSA) is 0 Å². The first-order valence-corrected chi connectivity index (χ1v) is 7.00. The third-order valence-electron chi connectivity index (χ3n) is 3.59.